The number of rotatable bonds is 5. The van der Waals surface area contributed by atoms with Crippen molar-refractivity contribution in [2.24, 2.45) is 0 Å². The number of hydrogen-bond donors (Lipinski definition) is 1. The predicted molar refractivity (Wildman–Crippen MR) is 95.1 cm³/mol. The molecule has 0 spiro atoms. The van der Waals surface area contributed by atoms with Crippen LogP contribution >= 0.6 is 0 Å². The molecule has 1 aliphatic rings. The first kappa shape index (κ1) is 15.5. The summed E-state index contributed by atoms with van der Waals surface area (Å²) in [5, 5.41) is 3.04. The van der Waals surface area contributed by atoms with Crippen LogP contribution < -0.4 is 5.32 Å². The fraction of sp³-hybridized carbons (Fsp3) is 0.286. The van der Waals surface area contributed by atoms with Crippen LogP contribution in [-0.4, -0.2) is 5.91 Å². The first-order valence-electron chi connectivity index (χ1n) is 8.32. The van der Waals surface area contributed by atoms with Gasteiger partial charge in [0.15, 0.2) is 0 Å². The molecule has 3 rings (SSSR count). The highest BCUT2D eigenvalue weighted by molar-refractivity contribution is 5.76. The van der Waals surface area contributed by atoms with Gasteiger partial charge in [0.2, 0.25) is 5.91 Å². The number of hydrogen-bond acceptors (Lipinski definition) is 1. The van der Waals surface area contributed by atoms with Crippen molar-refractivity contribution in [2.45, 2.75) is 39.2 Å². The summed E-state index contributed by atoms with van der Waals surface area (Å²) in [6, 6.07) is 17.0. The second kappa shape index (κ2) is 6.82. The van der Waals surface area contributed by atoms with E-state index < -0.39 is 0 Å². The largest absolute Gasteiger partial charge is 0.352 e. The van der Waals surface area contributed by atoms with Crippen LogP contribution in [0.3, 0.4) is 0 Å². The Bertz CT molecular complexity index is 745. The summed E-state index contributed by atoms with van der Waals surface area (Å²) in [5.74, 6) is 0.423. The third kappa shape index (κ3) is 3.21. The molecule has 2 aromatic carbocycles. The van der Waals surface area contributed by atoms with Crippen molar-refractivity contribution in [3.8, 4) is 0 Å². The number of allylic oxidation sites excluding steroid dienone is 1. The van der Waals surface area contributed by atoms with E-state index in [4.69, 9.17) is 0 Å². The summed E-state index contributed by atoms with van der Waals surface area (Å²) in [6.07, 6.45) is 3.74. The van der Waals surface area contributed by atoms with Crippen LogP contribution in [0.1, 0.15) is 54.9 Å². The molecule has 23 heavy (non-hydrogen) atoms. The molecule has 2 aromatic rings. The molecular weight excluding hydrogens is 282 g/mol. The van der Waals surface area contributed by atoms with Gasteiger partial charge in [-0.1, -0.05) is 67.1 Å². The van der Waals surface area contributed by atoms with Gasteiger partial charge in [0.25, 0.3) is 0 Å². The fourth-order valence-electron chi connectivity index (χ4n) is 3.38. The lowest BCUT2D eigenvalue weighted by molar-refractivity contribution is -0.121. The Morgan fingerprint density at radius 2 is 1.74 bits per heavy atom. The normalized spacial score (nSPS) is 15.9. The molecule has 0 aromatic heterocycles. The van der Waals surface area contributed by atoms with Gasteiger partial charge in [-0.2, -0.15) is 0 Å². The molecule has 1 N–H and O–H groups in total. The van der Waals surface area contributed by atoms with Crippen molar-refractivity contribution in [3.05, 3.63) is 76.4 Å². The third-order valence-corrected chi connectivity index (χ3v) is 4.46. The van der Waals surface area contributed by atoms with E-state index in [1.165, 1.54) is 27.8 Å². The Morgan fingerprint density at radius 1 is 1.04 bits per heavy atom. The summed E-state index contributed by atoms with van der Waals surface area (Å²) >= 11 is 0. The van der Waals surface area contributed by atoms with E-state index in [1.807, 2.05) is 13.0 Å². The van der Waals surface area contributed by atoms with E-state index in [-0.39, 0.29) is 5.91 Å². The molecule has 0 radical (unpaired) electrons. The van der Waals surface area contributed by atoms with Crippen molar-refractivity contribution < 1.29 is 4.79 Å². The number of amides is 1. The van der Waals surface area contributed by atoms with Crippen LogP contribution in [0.4, 0.5) is 0 Å². The highest BCUT2D eigenvalue weighted by Crippen LogP contribution is 2.41. The highest BCUT2D eigenvalue weighted by atomic mass is 16.1. The van der Waals surface area contributed by atoms with Gasteiger partial charge in [-0.3, -0.25) is 4.79 Å². The molecule has 0 aliphatic heterocycles. The molecule has 2 nitrogen and oxygen atoms in total. The average Bonchev–Trinajstić information content (AvgIpc) is 2.89. The van der Waals surface area contributed by atoms with Crippen molar-refractivity contribution in [1.82, 2.24) is 5.32 Å². The van der Waals surface area contributed by atoms with Crippen molar-refractivity contribution in [2.75, 3.05) is 0 Å². The van der Waals surface area contributed by atoms with Crippen molar-refractivity contribution in [1.29, 1.82) is 0 Å². The van der Waals surface area contributed by atoms with Gasteiger partial charge in [-0.25, -0.2) is 0 Å². The van der Waals surface area contributed by atoms with Gasteiger partial charge in [0, 0.05) is 18.9 Å². The number of fused-ring (bicyclic) bond motifs is 1. The Morgan fingerprint density at radius 3 is 2.52 bits per heavy atom. The van der Waals surface area contributed by atoms with Gasteiger partial charge < -0.3 is 5.32 Å². The van der Waals surface area contributed by atoms with E-state index in [2.05, 4.69) is 60.8 Å². The monoisotopic (exact) mass is 305 g/mol. The van der Waals surface area contributed by atoms with E-state index in [0.29, 0.717) is 18.9 Å². The zero-order chi connectivity index (χ0) is 16.2. The maximum atomic E-state index is 11.8. The minimum absolute atomic E-state index is 0.126. The Labute approximate surface area is 138 Å². The molecule has 1 amide bonds. The molecule has 1 aliphatic carbocycles. The maximum Gasteiger partial charge on any atom is 0.220 e. The summed E-state index contributed by atoms with van der Waals surface area (Å²) in [6.45, 7) is 4.81. The van der Waals surface area contributed by atoms with Crippen LogP contribution in [0.5, 0.6) is 0 Å². The lowest BCUT2D eigenvalue weighted by Crippen LogP contribution is -2.23. The molecular formula is C21H23NO. The van der Waals surface area contributed by atoms with Gasteiger partial charge in [0.1, 0.15) is 0 Å². The van der Waals surface area contributed by atoms with Gasteiger partial charge in [-0.15, -0.1) is 0 Å². The molecule has 1 unspecified atom stereocenters. The van der Waals surface area contributed by atoms with E-state index in [9.17, 15) is 4.79 Å². The fourth-order valence-corrected chi connectivity index (χ4v) is 3.38. The zero-order valence-electron chi connectivity index (χ0n) is 13.8. The Hall–Kier alpha value is -2.35. The number of nitrogens with one attached hydrogen (secondary N) is 1. The average molecular weight is 305 g/mol. The summed E-state index contributed by atoms with van der Waals surface area (Å²) in [5.41, 5.74) is 6.52. The second-order valence-electron chi connectivity index (χ2n) is 6.18. The lowest BCUT2D eigenvalue weighted by Gasteiger charge is -2.19. The molecule has 0 saturated carbocycles. The molecule has 0 saturated heterocycles. The van der Waals surface area contributed by atoms with Gasteiger partial charge in [-0.05, 0) is 35.6 Å². The smallest absolute Gasteiger partial charge is 0.220 e. The highest BCUT2D eigenvalue weighted by Gasteiger charge is 2.25. The molecule has 0 bridgehead atoms. The van der Waals surface area contributed by atoms with Crippen LogP contribution in [0, 0.1) is 0 Å². The molecule has 0 heterocycles. The maximum absolute atomic E-state index is 11.8. The molecule has 0 fully saturated rings. The SMILES string of the molecule is CCCC(=O)NCc1ccccc1C1C(C)=Cc2ccccc21. The van der Waals surface area contributed by atoms with Crippen molar-refractivity contribution in [3.63, 3.8) is 0 Å². The number of carbonyl (C=O) groups is 1. The molecule has 1 atom stereocenters. The minimum Gasteiger partial charge on any atom is -0.352 e. The van der Waals surface area contributed by atoms with E-state index in [0.717, 1.165) is 6.42 Å². The van der Waals surface area contributed by atoms with E-state index >= 15 is 0 Å². The Kier molecular flexibility index (Phi) is 4.61. The first-order chi connectivity index (χ1) is 11.2. The number of benzene rings is 2. The zero-order valence-corrected chi connectivity index (χ0v) is 13.8. The van der Waals surface area contributed by atoms with Crippen molar-refractivity contribution >= 4 is 12.0 Å². The predicted octanol–water partition coefficient (Wildman–Crippen LogP) is 4.65. The Balaban J connectivity index is 1.89. The van der Waals surface area contributed by atoms with Crippen LogP contribution in [0.2, 0.25) is 0 Å². The molecule has 118 valence electrons. The lowest BCUT2D eigenvalue weighted by atomic mass is 9.86. The third-order valence-electron chi connectivity index (χ3n) is 4.46. The standard InChI is InChI=1S/C21H23NO/c1-3-8-20(23)22-14-17-10-5-7-12-19(17)21-15(2)13-16-9-4-6-11-18(16)21/h4-7,9-13,21H,3,8,14H2,1-2H3,(H,22,23). The summed E-state index contributed by atoms with van der Waals surface area (Å²) in [4.78, 5) is 11.8. The van der Waals surface area contributed by atoms with Crippen LogP contribution in [0.25, 0.3) is 6.08 Å². The van der Waals surface area contributed by atoms with Gasteiger partial charge >= 0.3 is 0 Å². The van der Waals surface area contributed by atoms with Crippen LogP contribution in [0.15, 0.2) is 54.1 Å². The van der Waals surface area contributed by atoms with Crippen LogP contribution in [-0.2, 0) is 11.3 Å². The van der Waals surface area contributed by atoms with Gasteiger partial charge in [0.05, 0.1) is 0 Å². The number of carbonyl (C=O) groups excluding carboxylic acids is 1. The first-order valence-corrected chi connectivity index (χ1v) is 8.32. The quantitative estimate of drug-likeness (QED) is 0.856. The minimum atomic E-state index is 0.126. The second-order valence-corrected chi connectivity index (χ2v) is 6.18. The summed E-state index contributed by atoms with van der Waals surface area (Å²) < 4.78 is 0. The van der Waals surface area contributed by atoms with E-state index in [1.54, 1.807) is 0 Å². The summed E-state index contributed by atoms with van der Waals surface area (Å²) in [7, 11) is 0. The molecule has 2 heteroatoms. The topological polar surface area (TPSA) is 29.1 Å².